The quantitative estimate of drug-likeness (QED) is 0.542. The van der Waals surface area contributed by atoms with Gasteiger partial charge in [-0.05, 0) is 36.5 Å². The van der Waals surface area contributed by atoms with Crippen LogP contribution in [0.4, 0.5) is 0 Å². The molecule has 0 aromatic rings. The van der Waals surface area contributed by atoms with Crippen molar-refractivity contribution in [1.82, 2.24) is 0 Å². The lowest BCUT2D eigenvalue weighted by atomic mass is 9.84. The number of rotatable bonds is 4. The minimum atomic E-state index is 0.402. The van der Waals surface area contributed by atoms with E-state index in [0.717, 1.165) is 6.42 Å². The maximum absolute atomic E-state index is 4.16. The van der Waals surface area contributed by atoms with Crippen LogP contribution >= 0.6 is 0 Å². The van der Waals surface area contributed by atoms with E-state index >= 15 is 0 Å². The lowest BCUT2D eigenvalue weighted by Crippen LogP contribution is -2.07. The first-order valence-corrected chi connectivity index (χ1v) is 5.77. The second-order valence-electron chi connectivity index (χ2n) is 6.90. The molecule has 0 aromatic carbocycles. The van der Waals surface area contributed by atoms with E-state index in [4.69, 9.17) is 0 Å². The molecule has 0 heterocycles. The Kier molecular flexibility index (Phi) is 4.91. The van der Waals surface area contributed by atoms with Gasteiger partial charge in [0, 0.05) is 0 Å². The van der Waals surface area contributed by atoms with E-state index < -0.39 is 0 Å². The molecule has 0 bridgehead atoms. The van der Waals surface area contributed by atoms with Gasteiger partial charge < -0.3 is 0 Å². The lowest BCUT2D eigenvalue weighted by Gasteiger charge is -2.21. The summed E-state index contributed by atoms with van der Waals surface area (Å²) in [6, 6.07) is 0. The Labute approximate surface area is 90.8 Å². The highest BCUT2D eigenvalue weighted by atomic mass is 14.2. The smallest absolute Gasteiger partial charge is 0.0274 e. The van der Waals surface area contributed by atoms with E-state index in [9.17, 15) is 0 Å². The molecule has 0 aromatic heterocycles. The van der Waals surface area contributed by atoms with Gasteiger partial charge in [0.15, 0.2) is 0 Å². The molecule has 14 heavy (non-hydrogen) atoms. The first kappa shape index (κ1) is 13.7. The average Bonchev–Trinajstić information content (AvgIpc) is 1.78. The van der Waals surface area contributed by atoms with Crippen molar-refractivity contribution >= 4 is 0 Å². The fourth-order valence-corrected chi connectivity index (χ4v) is 1.71. The Morgan fingerprint density at radius 1 is 0.929 bits per heavy atom. The van der Waals surface area contributed by atoms with Crippen molar-refractivity contribution in [3.05, 3.63) is 12.2 Å². The topological polar surface area (TPSA) is 0 Å². The molecule has 0 N–H and O–H groups in total. The molecule has 0 fully saturated rings. The van der Waals surface area contributed by atoms with Crippen molar-refractivity contribution in [2.45, 2.75) is 67.2 Å². The molecule has 0 heteroatoms. The maximum Gasteiger partial charge on any atom is -0.0274 e. The summed E-state index contributed by atoms with van der Waals surface area (Å²) in [4.78, 5) is 0. The molecule has 0 atom stereocenters. The SMILES string of the molecule is C=C(CCCC(C)(C)C)CC(C)(C)C. The second-order valence-corrected chi connectivity index (χ2v) is 6.90. The van der Waals surface area contributed by atoms with E-state index in [2.05, 4.69) is 48.1 Å². The molecule has 84 valence electrons. The third kappa shape index (κ3) is 9.83. The first-order valence-electron chi connectivity index (χ1n) is 5.77. The molecule has 0 aliphatic rings. The predicted octanol–water partition coefficient (Wildman–Crippen LogP) is 5.20. The highest BCUT2D eigenvalue weighted by Crippen LogP contribution is 2.28. The summed E-state index contributed by atoms with van der Waals surface area (Å²) in [7, 11) is 0. The van der Waals surface area contributed by atoms with Gasteiger partial charge >= 0.3 is 0 Å². The summed E-state index contributed by atoms with van der Waals surface area (Å²) in [5.41, 5.74) is 2.29. The Morgan fingerprint density at radius 3 is 1.79 bits per heavy atom. The third-order valence-electron chi connectivity index (χ3n) is 2.24. The minimum Gasteiger partial charge on any atom is -0.0998 e. The van der Waals surface area contributed by atoms with Crippen LogP contribution in [-0.4, -0.2) is 0 Å². The average molecular weight is 196 g/mol. The van der Waals surface area contributed by atoms with Crippen molar-refractivity contribution in [3.8, 4) is 0 Å². The Bertz CT molecular complexity index is 173. The normalized spacial score (nSPS) is 13.0. The standard InChI is InChI=1S/C14H28/c1-12(11-14(5,6)7)9-8-10-13(2,3)4/h1,8-11H2,2-7H3. The summed E-state index contributed by atoms with van der Waals surface area (Å²) in [5, 5.41) is 0. The fourth-order valence-electron chi connectivity index (χ4n) is 1.71. The van der Waals surface area contributed by atoms with Crippen LogP contribution in [0.1, 0.15) is 67.2 Å². The van der Waals surface area contributed by atoms with E-state index in [1.807, 2.05) is 0 Å². The van der Waals surface area contributed by atoms with Crippen molar-refractivity contribution in [2.75, 3.05) is 0 Å². The highest BCUT2D eigenvalue weighted by molar-refractivity contribution is 4.97. The van der Waals surface area contributed by atoms with Crippen LogP contribution in [0.25, 0.3) is 0 Å². The zero-order chi connectivity index (χ0) is 11.4. The molecule has 0 amide bonds. The van der Waals surface area contributed by atoms with Crippen molar-refractivity contribution in [3.63, 3.8) is 0 Å². The minimum absolute atomic E-state index is 0.402. The van der Waals surface area contributed by atoms with Crippen LogP contribution in [-0.2, 0) is 0 Å². The van der Waals surface area contributed by atoms with E-state index in [1.165, 1.54) is 24.8 Å². The summed E-state index contributed by atoms with van der Waals surface area (Å²) in [6.07, 6.45) is 4.96. The molecule has 0 saturated carbocycles. The summed E-state index contributed by atoms with van der Waals surface area (Å²) < 4.78 is 0. The number of hydrogen-bond donors (Lipinski definition) is 0. The molecule has 0 aliphatic heterocycles. The maximum atomic E-state index is 4.16. The highest BCUT2D eigenvalue weighted by Gasteiger charge is 2.13. The number of allylic oxidation sites excluding steroid dienone is 1. The van der Waals surface area contributed by atoms with Gasteiger partial charge in [-0.3, -0.25) is 0 Å². The largest absolute Gasteiger partial charge is 0.0998 e. The molecule has 0 rings (SSSR count). The van der Waals surface area contributed by atoms with E-state index in [-0.39, 0.29) is 0 Å². The summed E-state index contributed by atoms with van der Waals surface area (Å²) in [6.45, 7) is 17.9. The monoisotopic (exact) mass is 196 g/mol. The van der Waals surface area contributed by atoms with Gasteiger partial charge in [-0.2, -0.15) is 0 Å². The zero-order valence-electron chi connectivity index (χ0n) is 11.0. The fraction of sp³-hybridized carbons (Fsp3) is 0.857. The molecule has 0 unspecified atom stereocenters. The molecule has 0 radical (unpaired) electrons. The molecule has 0 saturated heterocycles. The molecule has 0 aliphatic carbocycles. The Hall–Kier alpha value is -0.260. The van der Waals surface area contributed by atoms with Crippen LogP contribution < -0.4 is 0 Å². The van der Waals surface area contributed by atoms with E-state index in [1.54, 1.807) is 0 Å². The van der Waals surface area contributed by atoms with Gasteiger partial charge in [0.25, 0.3) is 0 Å². The summed E-state index contributed by atoms with van der Waals surface area (Å²) in [5.74, 6) is 0. The second kappa shape index (κ2) is 5.00. The Morgan fingerprint density at radius 2 is 1.43 bits per heavy atom. The van der Waals surface area contributed by atoms with Crippen molar-refractivity contribution in [2.24, 2.45) is 10.8 Å². The molecule has 0 spiro atoms. The third-order valence-corrected chi connectivity index (χ3v) is 2.24. The van der Waals surface area contributed by atoms with E-state index in [0.29, 0.717) is 10.8 Å². The lowest BCUT2D eigenvalue weighted by molar-refractivity contribution is 0.357. The number of hydrogen-bond acceptors (Lipinski definition) is 0. The van der Waals surface area contributed by atoms with Crippen LogP contribution in [0.3, 0.4) is 0 Å². The van der Waals surface area contributed by atoms with Crippen molar-refractivity contribution < 1.29 is 0 Å². The van der Waals surface area contributed by atoms with Gasteiger partial charge in [-0.15, -0.1) is 0 Å². The van der Waals surface area contributed by atoms with Gasteiger partial charge in [0.2, 0.25) is 0 Å². The molecular formula is C14H28. The Balaban J connectivity index is 3.66. The van der Waals surface area contributed by atoms with Crippen LogP contribution in [0.5, 0.6) is 0 Å². The van der Waals surface area contributed by atoms with Gasteiger partial charge in [-0.25, -0.2) is 0 Å². The molecular weight excluding hydrogens is 168 g/mol. The van der Waals surface area contributed by atoms with Crippen LogP contribution in [0.2, 0.25) is 0 Å². The molecule has 0 nitrogen and oxygen atoms in total. The van der Waals surface area contributed by atoms with Gasteiger partial charge in [0.1, 0.15) is 0 Å². The van der Waals surface area contributed by atoms with Crippen molar-refractivity contribution in [1.29, 1.82) is 0 Å². The van der Waals surface area contributed by atoms with Crippen LogP contribution in [0, 0.1) is 10.8 Å². The van der Waals surface area contributed by atoms with Gasteiger partial charge in [-0.1, -0.05) is 53.7 Å². The first-order chi connectivity index (χ1) is 6.10. The van der Waals surface area contributed by atoms with Gasteiger partial charge in [0.05, 0.1) is 0 Å². The van der Waals surface area contributed by atoms with Crippen LogP contribution in [0.15, 0.2) is 12.2 Å². The zero-order valence-corrected chi connectivity index (χ0v) is 11.0. The summed E-state index contributed by atoms with van der Waals surface area (Å²) >= 11 is 0. The predicted molar refractivity (Wildman–Crippen MR) is 66.5 cm³/mol.